The summed E-state index contributed by atoms with van der Waals surface area (Å²) in [5.41, 5.74) is 0.349. The number of para-hydroxylation sites is 1. The Morgan fingerprint density at radius 2 is 1.83 bits per heavy atom. The number of amides is 4. The molecule has 1 aromatic carbocycles. The molecule has 2 saturated heterocycles. The number of phenolic OH excluding ortho intramolecular Hbond substituents is 1. The molecule has 11 heteroatoms. The van der Waals surface area contributed by atoms with Crippen molar-refractivity contribution < 1.29 is 28.7 Å². The van der Waals surface area contributed by atoms with Crippen molar-refractivity contribution in [2.24, 2.45) is 17.8 Å². The molecule has 0 spiro atoms. The van der Waals surface area contributed by atoms with Gasteiger partial charge in [-0.15, -0.1) is 23.2 Å². The molecule has 1 N–H and O–H groups in total. The van der Waals surface area contributed by atoms with Crippen molar-refractivity contribution in [2.45, 2.75) is 41.9 Å². The van der Waals surface area contributed by atoms with Crippen LogP contribution in [0.3, 0.4) is 0 Å². The largest absolute Gasteiger partial charge is 0.505 e. The third kappa shape index (κ3) is 3.01. The van der Waals surface area contributed by atoms with Crippen molar-refractivity contribution in [2.75, 3.05) is 12.0 Å². The van der Waals surface area contributed by atoms with Gasteiger partial charge in [0.05, 0.1) is 17.3 Å². The topological polar surface area (TPSA) is 95.0 Å². The molecule has 0 radical (unpaired) electrons. The smallest absolute Gasteiger partial charge is 0.254 e. The number of benzene rings is 1. The van der Waals surface area contributed by atoms with E-state index in [1.165, 1.54) is 17.0 Å². The van der Waals surface area contributed by atoms with Gasteiger partial charge >= 0.3 is 0 Å². The number of aromatic hydroxyl groups is 1. The lowest BCUT2D eigenvalue weighted by molar-refractivity contribution is -0.141. The number of allylic oxidation sites excluding steroid dienone is 2. The van der Waals surface area contributed by atoms with Crippen LogP contribution in [0.15, 0.2) is 29.8 Å². The molecular formula is C24H22BrCl2FN2O5. The number of phenols is 1. The molecule has 4 aliphatic rings. The molecule has 186 valence electrons. The SMILES string of the molecule is CCCN1C(=O)[C@H]2[C@H](CC=C3[C@H]2C[C@@]2(Cl)C(=O)N(CBr)C(=O)[C@@]2(Cl)[C@H]3c2cccc(F)c2O)C1=O. The molecular weight excluding hydrogens is 566 g/mol. The highest BCUT2D eigenvalue weighted by molar-refractivity contribution is 9.09. The number of halogens is 4. The fourth-order valence-electron chi connectivity index (χ4n) is 6.37. The number of imide groups is 2. The Balaban J connectivity index is 1.74. The zero-order valence-electron chi connectivity index (χ0n) is 18.6. The standard InChI is InChI=1S/C24H22BrCl2FN2O5/c1-2-8-29-19(32)12-7-6-11-14(16(12)20(29)33)9-23(26)21(34)30(10-25)22(35)24(23,27)17(11)13-4-3-5-15(28)18(13)31/h3-6,12,14,16-17,31H,2,7-10H2,1H3/t12-,14+,16-,17+,23+,24-/m0/s1. The number of carbonyl (C=O) groups excluding carboxylic acids is 4. The Hall–Kier alpha value is -1.97. The number of hydrogen-bond acceptors (Lipinski definition) is 5. The summed E-state index contributed by atoms with van der Waals surface area (Å²) in [5.74, 6) is -7.06. The van der Waals surface area contributed by atoms with Gasteiger partial charge in [-0.1, -0.05) is 46.6 Å². The second kappa shape index (κ2) is 8.28. The van der Waals surface area contributed by atoms with Gasteiger partial charge in [0.25, 0.3) is 11.8 Å². The molecule has 35 heavy (non-hydrogen) atoms. The first-order valence-corrected chi connectivity index (χ1v) is 13.2. The molecule has 1 saturated carbocycles. The molecule has 1 aromatic rings. The molecule has 2 aliphatic carbocycles. The summed E-state index contributed by atoms with van der Waals surface area (Å²) in [5, 5.41) is 10.7. The number of carbonyl (C=O) groups is 4. The van der Waals surface area contributed by atoms with Crippen molar-refractivity contribution in [3.63, 3.8) is 0 Å². The molecule has 0 bridgehead atoms. The quantitative estimate of drug-likeness (QED) is 0.251. The van der Waals surface area contributed by atoms with Crippen LogP contribution in [0.25, 0.3) is 0 Å². The summed E-state index contributed by atoms with van der Waals surface area (Å²) in [4.78, 5) is 51.6. The Labute approximate surface area is 219 Å². The summed E-state index contributed by atoms with van der Waals surface area (Å²) in [6.45, 7) is 2.14. The molecule has 5 rings (SSSR count). The minimum Gasteiger partial charge on any atom is -0.505 e. The van der Waals surface area contributed by atoms with Gasteiger partial charge in [-0.3, -0.25) is 29.0 Å². The normalized spacial score (nSPS) is 36.3. The third-order valence-electron chi connectivity index (χ3n) is 7.88. The van der Waals surface area contributed by atoms with Gasteiger partial charge in [-0.2, -0.15) is 0 Å². The Bertz CT molecular complexity index is 1210. The first-order valence-electron chi connectivity index (χ1n) is 11.4. The van der Waals surface area contributed by atoms with Crippen LogP contribution < -0.4 is 0 Å². The fourth-order valence-corrected chi connectivity index (χ4v) is 7.79. The molecule has 3 fully saturated rings. The van der Waals surface area contributed by atoms with Gasteiger partial charge in [0.1, 0.15) is 0 Å². The van der Waals surface area contributed by atoms with Crippen LogP contribution in [0, 0.1) is 23.6 Å². The fraction of sp³-hybridized carbons (Fsp3) is 0.500. The monoisotopic (exact) mass is 586 g/mol. The van der Waals surface area contributed by atoms with Gasteiger partial charge < -0.3 is 5.11 Å². The van der Waals surface area contributed by atoms with E-state index in [1.54, 1.807) is 6.08 Å². The second-order valence-electron chi connectivity index (χ2n) is 9.49. The number of hydrogen-bond donors (Lipinski definition) is 1. The predicted molar refractivity (Wildman–Crippen MR) is 128 cm³/mol. The van der Waals surface area contributed by atoms with E-state index in [0.717, 1.165) is 11.0 Å². The van der Waals surface area contributed by atoms with Crippen LogP contribution >= 0.6 is 39.1 Å². The maximum atomic E-state index is 14.5. The zero-order chi connectivity index (χ0) is 25.4. The van der Waals surface area contributed by atoms with Gasteiger partial charge in [-0.05, 0) is 31.2 Å². The molecule has 2 heterocycles. The van der Waals surface area contributed by atoms with Crippen molar-refractivity contribution in [1.29, 1.82) is 0 Å². The van der Waals surface area contributed by atoms with Crippen LogP contribution in [-0.2, 0) is 19.2 Å². The van der Waals surface area contributed by atoms with Gasteiger partial charge in [0.15, 0.2) is 21.3 Å². The van der Waals surface area contributed by atoms with Crippen LogP contribution in [0.1, 0.15) is 37.7 Å². The summed E-state index contributed by atoms with van der Waals surface area (Å²) in [6.07, 6.45) is 2.42. The summed E-state index contributed by atoms with van der Waals surface area (Å²) in [6, 6.07) is 3.86. The Morgan fingerprint density at radius 1 is 1.11 bits per heavy atom. The van der Waals surface area contributed by atoms with Gasteiger partial charge in [-0.25, -0.2) is 4.39 Å². The van der Waals surface area contributed by atoms with E-state index in [9.17, 15) is 28.7 Å². The van der Waals surface area contributed by atoms with E-state index in [0.29, 0.717) is 12.0 Å². The second-order valence-corrected chi connectivity index (χ2v) is 11.2. The number of nitrogens with zero attached hydrogens (tertiary/aromatic N) is 2. The lowest BCUT2D eigenvalue weighted by Crippen LogP contribution is -2.60. The van der Waals surface area contributed by atoms with E-state index in [2.05, 4.69) is 15.9 Å². The van der Waals surface area contributed by atoms with Crippen LogP contribution in [0.2, 0.25) is 0 Å². The van der Waals surface area contributed by atoms with E-state index in [-0.39, 0.29) is 42.2 Å². The highest BCUT2D eigenvalue weighted by Crippen LogP contribution is 2.66. The molecule has 0 unspecified atom stereocenters. The van der Waals surface area contributed by atoms with Crippen LogP contribution in [0.4, 0.5) is 4.39 Å². The first-order chi connectivity index (χ1) is 16.5. The van der Waals surface area contributed by atoms with E-state index >= 15 is 0 Å². The third-order valence-corrected chi connectivity index (χ3v) is 9.80. The van der Waals surface area contributed by atoms with Crippen molar-refractivity contribution >= 4 is 62.8 Å². The van der Waals surface area contributed by atoms with Gasteiger partial charge in [0, 0.05) is 18.0 Å². The average molecular weight is 588 g/mol. The van der Waals surface area contributed by atoms with Crippen molar-refractivity contribution in [1.82, 2.24) is 9.80 Å². The van der Waals surface area contributed by atoms with Crippen molar-refractivity contribution in [3.8, 4) is 5.75 Å². The molecule has 0 aromatic heterocycles. The van der Waals surface area contributed by atoms with E-state index in [4.69, 9.17) is 23.2 Å². The maximum Gasteiger partial charge on any atom is 0.254 e. The lowest BCUT2D eigenvalue weighted by Gasteiger charge is -2.50. The molecule has 6 atom stereocenters. The highest BCUT2D eigenvalue weighted by Gasteiger charge is 2.76. The minimum absolute atomic E-state index is 0.000755. The van der Waals surface area contributed by atoms with E-state index < -0.39 is 56.8 Å². The van der Waals surface area contributed by atoms with E-state index in [1.807, 2.05) is 6.92 Å². The molecule has 2 aliphatic heterocycles. The van der Waals surface area contributed by atoms with Crippen LogP contribution in [0.5, 0.6) is 5.75 Å². The summed E-state index contributed by atoms with van der Waals surface area (Å²) in [7, 11) is 0. The Kier molecular flexibility index (Phi) is 5.85. The van der Waals surface area contributed by atoms with Crippen molar-refractivity contribution in [3.05, 3.63) is 41.2 Å². The first kappa shape index (κ1) is 24.7. The summed E-state index contributed by atoms with van der Waals surface area (Å²) >= 11 is 17.2. The number of rotatable bonds is 4. The number of fused-ring (bicyclic) bond motifs is 4. The average Bonchev–Trinajstić information content (AvgIpc) is 3.15. The molecule has 4 amide bonds. The Morgan fingerprint density at radius 3 is 2.49 bits per heavy atom. The number of likely N-dealkylation sites (tertiary alicyclic amines) is 2. The molecule has 7 nitrogen and oxygen atoms in total. The predicted octanol–water partition coefficient (Wildman–Crippen LogP) is 3.65. The maximum absolute atomic E-state index is 14.5. The minimum atomic E-state index is -2.07. The lowest BCUT2D eigenvalue weighted by atomic mass is 9.56. The summed E-state index contributed by atoms with van der Waals surface area (Å²) < 4.78 is 14.5. The van der Waals surface area contributed by atoms with Gasteiger partial charge in [0.2, 0.25) is 11.8 Å². The van der Waals surface area contributed by atoms with Crippen LogP contribution in [-0.4, -0.2) is 60.3 Å². The zero-order valence-corrected chi connectivity index (χ0v) is 21.7. The number of alkyl halides is 3. The highest BCUT2D eigenvalue weighted by atomic mass is 79.9.